The van der Waals surface area contributed by atoms with Crippen LogP contribution < -0.4 is 4.74 Å². The van der Waals surface area contributed by atoms with Gasteiger partial charge in [0.25, 0.3) is 0 Å². The van der Waals surface area contributed by atoms with Gasteiger partial charge in [-0.1, -0.05) is 12.1 Å². The topological polar surface area (TPSA) is 25.0 Å². The van der Waals surface area contributed by atoms with Crippen molar-refractivity contribution in [3.05, 3.63) is 53.6 Å². The van der Waals surface area contributed by atoms with Crippen molar-refractivity contribution in [2.24, 2.45) is 0 Å². The molecular weight excluding hydrogens is 234 g/mol. The Morgan fingerprint density at radius 1 is 0.947 bits per heavy atom. The van der Waals surface area contributed by atoms with E-state index in [9.17, 15) is 0 Å². The lowest BCUT2D eigenvalue weighted by molar-refractivity contribution is 0.415. The first-order valence-corrected chi connectivity index (χ1v) is 6.42. The van der Waals surface area contributed by atoms with Crippen molar-refractivity contribution in [1.82, 2.24) is 4.98 Å². The van der Waals surface area contributed by atoms with Crippen LogP contribution in [0.5, 0.6) is 5.75 Å². The van der Waals surface area contributed by atoms with Gasteiger partial charge in [-0.3, -0.25) is 0 Å². The average molecular weight is 251 g/mol. The molecule has 3 rings (SSSR count). The lowest BCUT2D eigenvalue weighted by Crippen LogP contribution is -1.83. The van der Waals surface area contributed by atoms with Gasteiger partial charge in [0.05, 0.1) is 7.11 Å². The molecule has 2 nitrogen and oxygen atoms in total. The largest absolute Gasteiger partial charge is 0.497 e. The lowest BCUT2D eigenvalue weighted by Gasteiger charge is -2.02. The van der Waals surface area contributed by atoms with Crippen LogP contribution in [0.2, 0.25) is 0 Å². The van der Waals surface area contributed by atoms with Gasteiger partial charge >= 0.3 is 0 Å². The number of hydrogen-bond acceptors (Lipinski definition) is 1. The molecule has 96 valence electrons. The molecule has 0 aliphatic heterocycles. The summed E-state index contributed by atoms with van der Waals surface area (Å²) in [4.78, 5) is 3.48. The number of ether oxygens (including phenoxy) is 1. The Morgan fingerprint density at radius 2 is 1.74 bits per heavy atom. The van der Waals surface area contributed by atoms with Crippen molar-refractivity contribution in [1.29, 1.82) is 0 Å². The van der Waals surface area contributed by atoms with Crippen LogP contribution in [0.25, 0.3) is 22.2 Å². The van der Waals surface area contributed by atoms with Gasteiger partial charge in [-0.2, -0.15) is 0 Å². The summed E-state index contributed by atoms with van der Waals surface area (Å²) in [5.41, 5.74) is 6.08. The Labute approximate surface area is 113 Å². The van der Waals surface area contributed by atoms with E-state index in [1.165, 1.54) is 22.0 Å². The van der Waals surface area contributed by atoms with Crippen LogP contribution >= 0.6 is 0 Å². The number of fused-ring (bicyclic) bond motifs is 1. The van der Waals surface area contributed by atoms with E-state index in [1.54, 1.807) is 7.11 Å². The molecule has 0 bridgehead atoms. The van der Waals surface area contributed by atoms with Crippen LogP contribution in [0, 0.1) is 13.8 Å². The first-order chi connectivity index (χ1) is 9.17. The van der Waals surface area contributed by atoms with Gasteiger partial charge in [0.2, 0.25) is 0 Å². The van der Waals surface area contributed by atoms with Crippen LogP contribution in [-0.2, 0) is 0 Å². The number of benzene rings is 2. The van der Waals surface area contributed by atoms with Crippen molar-refractivity contribution in [2.75, 3.05) is 7.11 Å². The molecule has 2 heteroatoms. The van der Waals surface area contributed by atoms with Crippen molar-refractivity contribution >= 4 is 10.9 Å². The molecule has 0 atom stereocenters. The summed E-state index contributed by atoms with van der Waals surface area (Å²) in [7, 11) is 1.69. The molecule has 2 aromatic carbocycles. The maximum absolute atomic E-state index is 5.27. The minimum absolute atomic E-state index is 0.878. The molecule has 1 heterocycles. The van der Waals surface area contributed by atoms with E-state index >= 15 is 0 Å². The molecule has 0 saturated carbocycles. The predicted octanol–water partition coefficient (Wildman–Crippen LogP) is 4.46. The molecule has 0 aliphatic rings. The summed E-state index contributed by atoms with van der Waals surface area (Å²) < 4.78 is 5.27. The molecule has 0 amide bonds. The van der Waals surface area contributed by atoms with Gasteiger partial charge < -0.3 is 9.72 Å². The van der Waals surface area contributed by atoms with Gasteiger partial charge in [-0.05, 0) is 55.3 Å². The van der Waals surface area contributed by atoms with Crippen LogP contribution in [-0.4, -0.2) is 12.1 Å². The highest BCUT2D eigenvalue weighted by Gasteiger charge is 2.05. The fourth-order valence-corrected chi connectivity index (χ4v) is 2.35. The molecule has 0 spiro atoms. The van der Waals surface area contributed by atoms with Crippen molar-refractivity contribution in [2.45, 2.75) is 13.8 Å². The highest BCUT2D eigenvalue weighted by atomic mass is 16.5. The van der Waals surface area contributed by atoms with Crippen molar-refractivity contribution < 1.29 is 4.74 Å². The van der Waals surface area contributed by atoms with Crippen molar-refractivity contribution in [3.8, 4) is 17.0 Å². The molecule has 0 unspecified atom stereocenters. The normalized spacial score (nSPS) is 10.9. The quantitative estimate of drug-likeness (QED) is 0.714. The standard InChI is InChI=1S/C17H17NO/c1-11-7-14-10-17(18-16(14)8-12(11)2)13-5-4-6-15(9-13)19-3/h4-10,18H,1-3H3. The zero-order chi connectivity index (χ0) is 13.4. The maximum atomic E-state index is 5.27. The van der Waals surface area contributed by atoms with Crippen LogP contribution in [0.1, 0.15) is 11.1 Å². The Morgan fingerprint density at radius 3 is 2.53 bits per heavy atom. The third kappa shape index (κ3) is 2.10. The summed E-state index contributed by atoms with van der Waals surface area (Å²) >= 11 is 0. The van der Waals surface area contributed by atoms with E-state index in [-0.39, 0.29) is 0 Å². The Hall–Kier alpha value is -2.22. The summed E-state index contributed by atoms with van der Waals surface area (Å²) in [6.07, 6.45) is 0. The summed E-state index contributed by atoms with van der Waals surface area (Å²) in [5.74, 6) is 0.878. The zero-order valence-electron chi connectivity index (χ0n) is 11.4. The van der Waals surface area contributed by atoms with E-state index < -0.39 is 0 Å². The number of methoxy groups -OCH3 is 1. The SMILES string of the molecule is COc1cccc(-c2cc3cc(C)c(C)cc3[nH]2)c1. The lowest BCUT2D eigenvalue weighted by atomic mass is 10.1. The number of aromatic nitrogens is 1. The van der Waals surface area contributed by atoms with Crippen LogP contribution in [0.15, 0.2) is 42.5 Å². The predicted molar refractivity (Wildman–Crippen MR) is 79.8 cm³/mol. The highest BCUT2D eigenvalue weighted by molar-refractivity contribution is 5.87. The number of hydrogen-bond donors (Lipinski definition) is 1. The molecule has 0 saturated heterocycles. The van der Waals surface area contributed by atoms with Gasteiger partial charge in [0.15, 0.2) is 0 Å². The maximum Gasteiger partial charge on any atom is 0.119 e. The van der Waals surface area contributed by atoms with Gasteiger partial charge in [0.1, 0.15) is 5.75 Å². The second kappa shape index (κ2) is 4.47. The minimum atomic E-state index is 0.878. The Kier molecular flexibility index (Phi) is 2.79. The van der Waals surface area contributed by atoms with Gasteiger partial charge in [-0.25, -0.2) is 0 Å². The first kappa shape index (κ1) is 11.8. The van der Waals surface area contributed by atoms with E-state index in [0.29, 0.717) is 0 Å². The van der Waals surface area contributed by atoms with Gasteiger partial charge in [0, 0.05) is 22.2 Å². The van der Waals surface area contributed by atoms with Gasteiger partial charge in [-0.15, -0.1) is 0 Å². The second-order valence-electron chi connectivity index (χ2n) is 4.94. The third-order valence-corrected chi connectivity index (χ3v) is 3.62. The number of rotatable bonds is 2. The molecule has 0 radical (unpaired) electrons. The average Bonchev–Trinajstić information content (AvgIpc) is 2.82. The third-order valence-electron chi connectivity index (χ3n) is 3.62. The molecule has 0 fully saturated rings. The highest BCUT2D eigenvalue weighted by Crippen LogP contribution is 2.28. The smallest absolute Gasteiger partial charge is 0.119 e. The number of aryl methyl sites for hydroxylation is 2. The molecule has 3 aromatic rings. The summed E-state index contributed by atoms with van der Waals surface area (Å²) in [5, 5.41) is 1.25. The second-order valence-corrected chi connectivity index (χ2v) is 4.94. The fraction of sp³-hybridized carbons (Fsp3) is 0.176. The zero-order valence-corrected chi connectivity index (χ0v) is 11.4. The van der Waals surface area contributed by atoms with E-state index in [2.05, 4.69) is 43.1 Å². The monoisotopic (exact) mass is 251 g/mol. The van der Waals surface area contributed by atoms with E-state index in [1.807, 2.05) is 18.2 Å². The first-order valence-electron chi connectivity index (χ1n) is 6.42. The number of H-pyrrole nitrogens is 1. The summed E-state index contributed by atoms with van der Waals surface area (Å²) in [6, 6.07) is 14.7. The summed E-state index contributed by atoms with van der Waals surface area (Å²) in [6.45, 7) is 4.29. The van der Waals surface area contributed by atoms with Crippen molar-refractivity contribution in [3.63, 3.8) is 0 Å². The van der Waals surface area contributed by atoms with Crippen LogP contribution in [0.4, 0.5) is 0 Å². The Balaban J connectivity index is 2.14. The van der Waals surface area contributed by atoms with E-state index in [0.717, 1.165) is 17.0 Å². The van der Waals surface area contributed by atoms with E-state index in [4.69, 9.17) is 4.74 Å². The fourth-order valence-electron chi connectivity index (χ4n) is 2.35. The molecule has 1 N–H and O–H groups in total. The Bertz CT molecular complexity index is 701. The molecule has 1 aromatic heterocycles. The number of aromatic amines is 1. The minimum Gasteiger partial charge on any atom is -0.497 e. The van der Waals surface area contributed by atoms with Crippen LogP contribution in [0.3, 0.4) is 0 Å². The number of nitrogens with one attached hydrogen (secondary N) is 1. The molecule has 19 heavy (non-hydrogen) atoms. The molecular formula is C17H17NO. The molecule has 0 aliphatic carbocycles.